The lowest BCUT2D eigenvalue weighted by molar-refractivity contribution is 0.0468. The van der Waals surface area contributed by atoms with Crippen molar-refractivity contribution in [2.24, 2.45) is 12.0 Å². The summed E-state index contributed by atoms with van der Waals surface area (Å²) in [6, 6.07) is 10.5. The van der Waals surface area contributed by atoms with Crippen molar-refractivity contribution < 1.29 is 4.74 Å². The van der Waals surface area contributed by atoms with Gasteiger partial charge in [0.1, 0.15) is 12.4 Å². The molecule has 1 unspecified atom stereocenters. The summed E-state index contributed by atoms with van der Waals surface area (Å²) < 4.78 is 8.09. The molecule has 8 heteroatoms. The summed E-state index contributed by atoms with van der Waals surface area (Å²) in [5.41, 5.74) is 1.22. The molecule has 1 heterocycles. The third-order valence-electron chi connectivity index (χ3n) is 5.76. The Kier molecular flexibility index (Phi) is 11.3. The lowest BCUT2D eigenvalue weighted by Crippen LogP contribution is -2.40. The van der Waals surface area contributed by atoms with Crippen molar-refractivity contribution in [2.75, 3.05) is 13.2 Å². The Bertz CT molecular complexity index is 787. The van der Waals surface area contributed by atoms with Gasteiger partial charge in [-0.05, 0) is 32.3 Å². The number of ether oxygens (including phenoxy) is 1. The maximum atomic E-state index is 6.12. The molecule has 1 saturated carbocycles. The van der Waals surface area contributed by atoms with Crippen molar-refractivity contribution in [1.82, 2.24) is 25.4 Å². The first-order valence-corrected chi connectivity index (χ1v) is 11.2. The van der Waals surface area contributed by atoms with E-state index in [0.717, 1.165) is 24.2 Å². The average Bonchev–Trinajstić information content (AvgIpc) is 2.95. The van der Waals surface area contributed by atoms with Crippen LogP contribution in [0.2, 0.25) is 0 Å². The van der Waals surface area contributed by atoms with E-state index in [2.05, 4.69) is 52.0 Å². The molecule has 1 aromatic carbocycles. The number of hydrogen-bond acceptors (Lipinski definition) is 4. The fraction of sp³-hybridized carbons (Fsp3) is 0.609. The lowest BCUT2D eigenvalue weighted by Gasteiger charge is -2.20. The number of hydrogen-bond donors (Lipinski definition) is 2. The molecule has 0 radical (unpaired) electrons. The molecule has 172 valence electrons. The molecule has 1 aliphatic carbocycles. The summed E-state index contributed by atoms with van der Waals surface area (Å²) >= 11 is 0. The number of rotatable bonds is 8. The first-order valence-electron chi connectivity index (χ1n) is 11.2. The van der Waals surface area contributed by atoms with Gasteiger partial charge in [-0.2, -0.15) is 0 Å². The maximum Gasteiger partial charge on any atom is 0.192 e. The zero-order valence-corrected chi connectivity index (χ0v) is 21.3. The van der Waals surface area contributed by atoms with Crippen molar-refractivity contribution >= 4 is 29.9 Å². The van der Waals surface area contributed by atoms with E-state index < -0.39 is 0 Å². The Balaban J connectivity index is 0.00000341. The second kappa shape index (κ2) is 13.7. The Morgan fingerprint density at radius 2 is 1.87 bits per heavy atom. The molecule has 0 amide bonds. The molecule has 0 aliphatic heterocycles. The normalized spacial score (nSPS) is 16.3. The molecule has 7 nitrogen and oxygen atoms in total. The average molecular weight is 540 g/mol. The molecule has 0 bridgehead atoms. The highest BCUT2D eigenvalue weighted by atomic mass is 127. The third-order valence-corrected chi connectivity index (χ3v) is 5.76. The zero-order chi connectivity index (χ0) is 21.2. The molecule has 1 fully saturated rings. The van der Waals surface area contributed by atoms with Crippen LogP contribution in [0.1, 0.15) is 68.7 Å². The van der Waals surface area contributed by atoms with Crippen LogP contribution in [0.5, 0.6) is 0 Å². The number of halogens is 1. The van der Waals surface area contributed by atoms with E-state index in [4.69, 9.17) is 9.73 Å². The highest BCUT2D eigenvalue weighted by Gasteiger charge is 2.13. The van der Waals surface area contributed by atoms with Gasteiger partial charge in [-0.25, -0.2) is 4.99 Å². The van der Waals surface area contributed by atoms with Crippen LogP contribution in [-0.4, -0.2) is 40.0 Å². The molecular formula is C23H37IN6O. The van der Waals surface area contributed by atoms with Crippen LogP contribution >= 0.6 is 24.0 Å². The Morgan fingerprint density at radius 1 is 1.16 bits per heavy atom. The van der Waals surface area contributed by atoms with Crippen LogP contribution in [0.4, 0.5) is 0 Å². The molecule has 2 N–H and O–H groups in total. The van der Waals surface area contributed by atoms with Gasteiger partial charge in [-0.3, -0.25) is 0 Å². The van der Waals surface area contributed by atoms with E-state index >= 15 is 0 Å². The number of aromatic nitrogens is 3. The largest absolute Gasteiger partial charge is 0.376 e. The zero-order valence-electron chi connectivity index (χ0n) is 19.0. The number of aryl methyl sites for hydroxylation is 1. The Morgan fingerprint density at radius 3 is 2.52 bits per heavy atom. The number of benzene rings is 1. The van der Waals surface area contributed by atoms with Crippen LogP contribution in [-0.2, 0) is 18.3 Å². The number of guanidine groups is 1. The van der Waals surface area contributed by atoms with Crippen LogP contribution in [0.3, 0.4) is 0 Å². The topological polar surface area (TPSA) is 76.4 Å². The number of nitrogens with one attached hydrogen (secondary N) is 2. The molecule has 1 atom stereocenters. The second-order valence-electron chi connectivity index (χ2n) is 8.08. The van der Waals surface area contributed by atoms with E-state index in [1.54, 1.807) is 0 Å². The fourth-order valence-electron chi connectivity index (χ4n) is 3.72. The van der Waals surface area contributed by atoms with Gasteiger partial charge in [-0.15, -0.1) is 34.2 Å². The Labute approximate surface area is 203 Å². The summed E-state index contributed by atoms with van der Waals surface area (Å²) in [5, 5.41) is 15.3. The predicted molar refractivity (Wildman–Crippen MR) is 136 cm³/mol. The van der Waals surface area contributed by atoms with Gasteiger partial charge in [0.15, 0.2) is 11.8 Å². The first kappa shape index (κ1) is 25.6. The molecule has 1 aliphatic rings. The molecule has 2 aromatic rings. The van der Waals surface area contributed by atoms with Gasteiger partial charge in [0.05, 0.1) is 18.8 Å². The van der Waals surface area contributed by atoms with Crippen LogP contribution < -0.4 is 10.6 Å². The van der Waals surface area contributed by atoms with Gasteiger partial charge in [0.2, 0.25) is 0 Å². The standard InChI is InChI=1S/C23H36N6O.HI/c1-18(20-11-7-6-8-12-20)26-23(25-17-22-28-27-19(2)29(22)3)24-15-16-30-21-13-9-4-5-10-14-21;/h6-8,11-12,18,21H,4-5,9-10,13-17H2,1-3H3,(H2,24,25,26);1H. The summed E-state index contributed by atoms with van der Waals surface area (Å²) in [6.07, 6.45) is 8.06. The summed E-state index contributed by atoms with van der Waals surface area (Å²) in [6.45, 7) is 5.97. The van der Waals surface area contributed by atoms with Crippen molar-refractivity contribution in [3.63, 3.8) is 0 Å². The minimum absolute atomic E-state index is 0. The highest BCUT2D eigenvalue weighted by Crippen LogP contribution is 2.19. The van der Waals surface area contributed by atoms with Gasteiger partial charge in [-0.1, -0.05) is 56.0 Å². The summed E-state index contributed by atoms with van der Waals surface area (Å²) in [7, 11) is 1.97. The van der Waals surface area contributed by atoms with Gasteiger partial charge in [0.25, 0.3) is 0 Å². The van der Waals surface area contributed by atoms with Crippen molar-refractivity contribution in [1.29, 1.82) is 0 Å². The van der Waals surface area contributed by atoms with E-state index in [0.29, 0.717) is 19.3 Å². The fourth-order valence-corrected chi connectivity index (χ4v) is 3.72. The molecule has 0 saturated heterocycles. The lowest BCUT2D eigenvalue weighted by atomic mass is 10.1. The van der Waals surface area contributed by atoms with E-state index in [-0.39, 0.29) is 30.0 Å². The molecule has 3 rings (SSSR count). The third kappa shape index (κ3) is 8.40. The van der Waals surface area contributed by atoms with E-state index in [1.807, 2.05) is 24.6 Å². The number of aliphatic imine (C=N–C) groups is 1. The van der Waals surface area contributed by atoms with E-state index in [9.17, 15) is 0 Å². The smallest absolute Gasteiger partial charge is 0.192 e. The SMILES string of the molecule is Cc1nnc(CN=C(NCCOC2CCCCCC2)NC(C)c2ccccc2)n1C.I. The Hall–Kier alpha value is -1.68. The predicted octanol–water partition coefficient (Wildman–Crippen LogP) is 4.28. The second-order valence-corrected chi connectivity index (χ2v) is 8.08. The maximum absolute atomic E-state index is 6.12. The number of nitrogens with zero attached hydrogens (tertiary/aromatic N) is 4. The minimum Gasteiger partial charge on any atom is -0.376 e. The van der Waals surface area contributed by atoms with Gasteiger partial charge >= 0.3 is 0 Å². The monoisotopic (exact) mass is 540 g/mol. The van der Waals surface area contributed by atoms with Crippen LogP contribution in [0.25, 0.3) is 0 Å². The molecular weight excluding hydrogens is 503 g/mol. The van der Waals surface area contributed by atoms with Gasteiger partial charge < -0.3 is 19.9 Å². The summed E-state index contributed by atoms with van der Waals surface area (Å²) in [5.74, 6) is 2.49. The minimum atomic E-state index is 0. The van der Waals surface area contributed by atoms with Crippen molar-refractivity contribution in [3.8, 4) is 0 Å². The van der Waals surface area contributed by atoms with Gasteiger partial charge in [0, 0.05) is 13.6 Å². The molecule has 1 aromatic heterocycles. The quantitative estimate of drug-likeness (QED) is 0.172. The van der Waals surface area contributed by atoms with E-state index in [1.165, 1.54) is 44.1 Å². The molecule has 0 spiro atoms. The van der Waals surface area contributed by atoms with Crippen LogP contribution in [0.15, 0.2) is 35.3 Å². The first-order chi connectivity index (χ1) is 14.6. The molecule has 31 heavy (non-hydrogen) atoms. The van der Waals surface area contributed by atoms with Crippen LogP contribution in [0, 0.1) is 6.92 Å². The van der Waals surface area contributed by atoms with Crippen molar-refractivity contribution in [3.05, 3.63) is 47.5 Å². The highest BCUT2D eigenvalue weighted by molar-refractivity contribution is 14.0. The van der Waals surface area contributed by atoms with Crippen molar-refractivity contribution in [2.45, 2.75) is 71.1 Å². The summed E-state index contributed by atoms with van der Waals surface area (Å²) in [4.78, 5) is 4.75.